The molecule has 1 amide bonds. The van der Waals surface area contributed by atoms with E-state index in [1.54, 1.807) is 6.07 Å². The highest BCUT2D eigenvalue weighted by Crippen LogP contribution is 2.46. The molecule has 1 aromatic rings. The number of nitrogens with one attached hydrogen (secondary N) is 1. The molecule has 0 heterocycles. The predicted octanol–water partition coefficient (Wildman–Crippen LogP) is 3.13. The van der Waals surface area contributed by atoms with Gasteiger partial charge in [0.15, 0.2) is 0 Å². The number of carbonyl (C=O) groups is 1. The number of halogens is 1. The fourth-order valence-corrected chi connectivity index (χ4v) is 2.75. The van der Waals surface area contributed by atoms with E-state index in [1.165, 1.54) is 13.0 Å². The van der Waals surface area contributed by atoms with Gasteiger partial charge >= 0.3 is 0 Å². The Morgan fingerprint density at radius 3 is 2.80 bits per heavy atom. The fourth-order valence-electron chi connectivity index (χ4n) is 2.75. The summed E-state index contributed by atoms with van der Waals surface area (Å²) in [4.78, 5) is 11.2. The van der Waals surface area contributed by atoms with E-state index < -0.39 is 5.54 Å². The lowest BCUT2D eigenvalue weighted by Crippen LogP contribution is -2.57. The van der Waals surface area contributed by atoms with Crippen LogP contribution in [0.3, 0.4) is 0 Å². The van der Waals surface area contributed by atoms with Crippen LogP contribution in [0.25, 0.3) is 6.08 Å². The van der Waals surface area contributed by atoms with Crippen LogP contribution in [0.5, 0.6) is 0 Å². The smallest absolute Gasteiger partial charge is 0.218 e. The van der Waals surface area contributed by atoms with Crippen LogP contribution in [-0.2, 0) is 4.79 Å². The number of benzene rings is 1. The van der Waals surface area contributed by atoms with E-state index in [0.717, 1.165) is 5.56 Å². The highest BCUT2D eigenvalue weighted by molar-refractivity contribution is 5.75. The maximum atomic E-state index is 14.2. The number of hydrogen-bond donors (Lipinski definition) is 1. The zero-order valence-electron chi connectivity index (χ0n) is 11.6. The van der Waals surface area contributed by atoms with Gasteiger partial charge in [-0.25, -0.2) is 4.39 Å². The normalized spacial score (nSPS) is 25.0. The molecule has 0 aromatic heterocycles. The lowest BCUT2D eigenvalue weighted by atomic mass is 9.64. The van der Waals surface area contributed by atoms with Crippen molar-refractivity contribution in [1.29, 1.82) is 5.26 Å². The third kappa shape index (κ3) is 2.44. The largest absolute Gasteiger partial charge is 0.338 e. The number of allylic oxidation sites excluding steroid dienone is 1. The molecule has 1 aromatic carbocycles. The van der Waals surface area contributed by atoms with Gasteiger partial charge in [0, 0.05) is 12.8 Å². The second-order valence-corrected chi connectivity index (χ2v) is 5.14. The summed E-state index contributed by atoms with van der Waals surface area (Å²) < 4.78 is 14.2. The highest BCUT2D eigenvalue weighted by Gasteiger charge is 2.49. The molecule has 0 aliphatic heterocycles. The summed E-state index contributed by atoms with van der Waals surface area (Å²) in [6.45, 7) is 3.25. The van der Waals surface area contributed by atoms with Crippen molar-refractivity contribution in [1.82, 2.24) is 5.32 Å². The highest BCUT2D eigenvalue weighted by atomic mass is 19.1. The average Bonchev–Trinajstić information content (AvgIpc) is 2.38. The van der Waals surface area contributed by atoms with E-state index in [4.69, 9.17) is 0 Å². The minimum atomic E-state index is -0.964. The maximum Gasteiger partial charge on any atom is 0.218 e. The summed E-state index contributed by atoms with van der Waals surface area (Å²) in [5.74, 6) is -0.867. The van der Waals surface area contributed by atoms with Gasteiger partial charge < -0.3 is 5.32 Å². The molecule has 3 nitrogen and oxygen atoms in total. The average molecular weight is 272 g/mol. The van der Waals surface area contributed by atoms with Crippen molar-refractivity contribution < 1.29 is 9.18 Å². The Labute approximate surface area is 118 Å². The number of carbonyl (C=O) groups excluding carboxylic acids is 1. The summed E-state index contributed by atoms with van der Waals surface area (Å²) in [6.07, 6.45) is 4.92. The lowest BCUT2D eigenvalue weighted by molar-refractivity contribution is -0.121. The first-order valence-corrected chi connectivity index (χ1v) is 6.64. The minimum Gasteiger partial charge on any atom is -0.338 e. The van der Waals surface area contributed by atoms with Gasteiger partial charge in [-0.15, -0.1) is 0 Å². The number of hydrogen-bond acceptors (Lipinski definition) is 2. The van der Waals surface area contributed by atoms with Gasteiger partial charge in [-0.1, -0.05) is 24.3 Å². The molecule has 0 bridgehead atoms. The van der Waals surface area contributed by atoms with Gasteiger partial charge in [0.25, 0.3) is 0 Å². The summed E-state index contributed by atoms with van der Waals surface area (Å²) in [7, 11) is 0. The molecule has 1 N–H and O–H groups in total. The molecule has 0 radical (unpaired) electrons. The predicted molar refractivity (Wildman–Crippen MR) is 75.2 cm³/mol. The summed E-state index contributed by atoms with van der Waals surface area (Å²) in [6, 6.07) is 7.15. The Kier molecular flexibility index (Phi) is 3.89. The second kappa shape index (κ2) is 5.46. The second-order valence-electron chi connectivity index (χ2n) is 5.14. The maximum absolute atomic E-state index is 14.2. The molecule has 104 valence electrons. The summed E-state index contributed by atoms with van der Waals surface area (Å²) >= 11 is 0. The van der Waals surface area contributed by atoms with E-state index in [0.29, 0.717) is 18.4 Å². The van der Waals surface area contributed by atoms with Crippen LogP contribution < -0.4 is 5.32 Å². The van der Waals surface area contributed by atoms with E-state index in [9.17, 15) is 14.4 Å². The molecule has 1 aliphatic carbocycles. The van der Waals surface area contributed by atoms with Crippen LogP contribution in [-0.4, -0.2) is 11.4 Å². The standard InChI is InChI=1S/C16H17FN2O/c1-3-4-12-5-6-13(15(17)9-12)14-7-8-16(14,10-18)19-11(2)20/h3-6,9,14H,7-8H2,1-2H3,(H,19,20). The topological polar surface area (TPSA) is 52.9 Å². The quantitative estimate of drug-likeness (QED) is 0.919. The first kappa shape index (κ1) is 14.3. The van der Waals surface area contributed by atoms with Crippen molar-refractivity contribution >= 4 is 12.0 Å². The molecule has 2 rings (SSSR count). The molecule has 2 unspecified atom stereocenters. The van der Waals surface area contributed by atoms with Crippen LogP contribution in [0.1, 0.15) is 43.7 Å². The number of rotatable bonds is 3. The molecule has 2 atom stereocenters. The molecule has 0 saturated heterocycles. The Morgan fingerprint density at radius 1 is 1.60 bits per heavy atom. The lowest BCUT2D eigenvalue weighted by Gasteiger charge is -2.44. The first-order chi connectivity index (χ1) is 9.52. The third-order valence-corrected chi connectivity index (χ3v) is 3.78. The van der Waals surface area contributed by atoms with Gasteiger partial charge in [-0.05, 0) is 37.0 Å². The van der Waals surface area contributed by atoms with Crippen molar-refractivity contribution in [2.45, 2.75) is 38.1 Å². The Balaban J connectivity index is 2.32. The van der Waals surface area contributed by atoms with Gasteiger partial charge in [0.1, 0.15) is 11.4 Å². The number of nitrogens with zero attached hydrogens (tertiary/aromatic N) is 1. The van der Waals surface area contributed by atoms with Crippen LogP contribution in [0.4, 0.5) is 4.39 Å². The molecule has 1 saturated carbocycles. The molecule has 20 heavy (non-hydrogen) atoms. The molecule has 1 aliphatic rings. The number of amides is 1. The van der Waals surface area contributed by atoms with Gasteiger partial charge in [0.05, 0.1) is 6.07 Å². The Bertz CT molecular complexity index is 603. The first-order valence-electron chi connectivity index (χ1n) is 6.64. The van der Waals surface area contributed by atoms with Crippen LogP contribution in [0, 0.1) is 17.1 Å². The van der Waals surface area contributed by atoms with Gasteiger partial charge in [-0.2, -0.15) is 5.26 Å². The molecule has 0 spiro atoms. The van der Waals surface area contributed by atoms with Crippen molar-refractivity contribution in [3.63, 3.8) is 0 Å². The van der Waals surface area contributed by atoms with Crippen molar-refractivity contribution in [3.05, 3.63) is 41.2 Å². The van der Waals surface area contributed by atoms with Crippen LogP contribution >= 0.6 is 0 Å². The zero-order chi connectivity index (χ0) is 14.8. The monoisotopic (exact) mass is 272 g/mol. The molecule has 4 heteroatoms. The third-order valence-electron chi connectivity index (χ3n) is 3.78. The SMILES string of the molecule is CC=Cc1ccc(C2CCC2(C#N)NC(C)=O)c(F)c1. The Morgan fingerprint density at radius 2 is 2.35 bits per heavy atom. The van der Waals surface area contributed by atoms with Crippen LogP contribution in [0.2, 0.25) is 0 Å². The molecule has 1 fully saturated rings. The van der Waals surface area contributed by atoms with Gasteiger partial charge in [-0.3, -0.25) is 4.79 Å². The zero-order valence-corrected chi connectivity index (χ0v) is 11.6. The van der Waals surface area contributed by atoms with Crippen molar-refractivity contribution in [2.24, 2.45) is 0 Å². The van der Waals surface area contributed by atoms with E-state index in [-0.39, 0.29) is 17.6 Å². The summed E-state index contributed by atoms with van der Waals surface area (Å²) in [5, 5.41) is 12.0. The van der Waals surface area contributed by atoms with Crippen molar-refractivity contribution in [2.75, 3.05) is 0 Å². The van der Waals surface area contributed by atoms with E-state index in [1.807, 2.05) is 25.1 Å². The van der Waals surface area contributed by atoms with Crippen LogP contribution in [0.15, 0.2) is 24.3 Å². The molecular weight excluding hydrogens is 255 g/mol. The van der Waals surface area contributed by atoms with E-state index >= 15 is 0 Å². The van der Waals surface area contributed by atoms with E-state index in [2.05, 4.69) is 11.4 Å². The minimum absolute atomic E-state index is 0.262. The van der Waals surface area contributed by atoms with Crippen molar-refractivity contribution in [3.8, 4) is 6.07 Å². The fraction of sp³-hybridized carbons (Fsp3) is 0.375. The Hall–Kier alpha value is -2.15. The van der Waals surface area contributed by atoms with Gasteiger partial charge in [0.2, 0.25) is 5.91 Å². The summed E-state index contributed by atoms with van der Waals surface area (Å²) in [5.41, 5.74) is 0.323. The number of nitriles is 1. The molecular formula is C16H17FN2O.